The van der Waals surface area contributed by atoms with Crippen LogP contribution in [0.3, 0.4) is 0 Å². The van der Waals surface area contributed by atoms with Crippen molar-refractivity contribution in [1.29, 1.82) is 5.26 Å². The van der Waals surface area contributed by atoms with E-state index in [-0.39, 0.29) is 5.54 Å². The molecule has 0 radical (unpaired) electrons. The van der Waals surface area contributed by atoms with E-state index >= 15 is 0 Å². The van der Waals surface area contributed by atoms with E-state index in [1.807, 2.05) is 7.05 Å². The Morgan fingerprint density at radius 3 is 2.30 bits per heavy atom. The van der Waals surface area contributed by atoms with Crippen LogP contribution in [0.5, 0.6) is 0 Å². The number of nitriles is 1. The second kappa shape index (κ2) is 5.66. The zero-order valence-corrected chi connectivity index (χ0v) is 13.0. The third-order valence-electron chi connectivity index (χ3n) is 6.47. The van der Waals surface area contributed by atoms with Crippen molar-refractivity contribution in [1.82, 2.24) is 10.2 Å². The van der Waals surface area contributed by atoms with E-state index in [1.54, 1.807) is 0 Å². The van der Waals surface area contributed by atoms with Crippen LogP contribution in [-0.2, 0) is 0 Å². The topological polar surface area (TPSA) is 39.1 Å². The van der Waals surface area contributed by atoms with Gasteiger partial charge in [0.15, 0.2) is 0 Å². The second-order valence-electron chi connectivity index (χ2n) is 7.44. The average Bonchev–Trinajstić information content (AvgIpc) is 2.94. The van der Waals surface area contributed by atoms with E-state index in [0.29, 0.717) is 11.5 Å². The summed E-state index contributed by atoms with van der Waals surface area (Å²) >= 11 is 0. The highest BCUT2D eigenvalue weighted by molar-refractivity contribution is 5.13. The monoisotopic (exact) mass is 275 g/mol. The number of likely N-dealkylation sites (tertiary alicyclic amines) is 1. The van der Waals surface area contributed by atoms with Crippen LogP contribution in [0.25, 0.3) is 0 Å². The van der Waals surface area contributed by atoms with Crippen molar-refractivity contribution in [2.75, 3.05) is 20.1 Å². The molecule has 3 heteroatoms. The summed E-state index contributed by atoms with van der Waals surface area (Å²) in [5, 5.41) is 12.7. The Kier molecular flexibility index (Phi) is 4.06. The number of hydrogen-bond donors (Lipinski definition) is 1. The fraction of sp³-hybridized carbons (Fsp3) is 0.941. The smallest absolute Gasteiger partial charge is 0.108 e. The molecular weight excluding hydrogens is 246 g/mol. The highest BCUT2D eigenvalue weighted by Gasteiger charge is 2.43. The first kappa shape index (κ1) is 14.4. The van der Waals surface area contributed by atoms with Crippen LogP contribution in [0, 0.1) is 16.7 Å². The first-order chi connectivity index (χ1) is 9.71. The number of nitrogens with zero attached hydrogens (tertiary/aromatic N) is 2. The summed E-state index contributed by atoms with van der Waals surface area (Å²) in [6.07, 6.45) is 13.4. The zero-order valence-electron chi connectivity index (χ0n) is 13.0. The summed E-state index contributed by atoms with van der Waals surface area (Å²) in [6, 6.07) is 3.16. The molecule has 0 amide bonds. The molecule has 2 aliphatic carbocycles. The summed E-state index contributed by atoms with van der Waals surface area (Å²) in [7, 11) is 1.94. The molecule has 2 unspecified atom stereocenters. The molecule has 20 heavy (non-hydrogen) atoms. The van der Waals surface area contributed by atoms with Crippen molar-refractivity contribution < 1.29 is 0 Å². The molecule has 0 aromatic rings. The van der Waals surface area contributed by atoms with E-state index in [1.165, 1.54) is 64.5 Å². The largest absolute Gasteiger partial charge is 0.302 e. The molecule has 1 spiro atoms. The lowest BCUT2D eigenvalue weighted by molar-refractivity contribution is 0.0453. The van der Waals surface area contributed by atoms with Crippen molar-refractivity contribution in [3.05, 3.63) is 0 Å². The molecule has 2 atom stereocenters. The first-order valence-corrected chi connectivity index (χ1v) is 8.55. The van der Waals surface area contributed by atoms with E-state index in [4.69, 9.17) is 0 Å². The van der Waals surface area contributed by atoms with E-state index in [2.05, 4.69) is 16.3 Å². The quantitative estimate of drug-likeness (QED) is 0.842. The van der Waals surface area contributed by atoms with Gasteiger partial charge in [0.1, 0.15) is 5.54 Å². The van der Waals surface area contributed by atoms with Gasteiger partial charge >= 0.3 is 0 Å². The third kappa shape index (κ3) is 2.61. The fourth-order valence-corrected chi connectivity index (χ4v) is 4.88. The maximum Gasteiger partial charge on any atom is 0.108 e. The molecule has 0 bridgehead atoms. The van der Waals surface area contributed by atoms with Crippen LogP contribution in [0.4, 0.5) is 0 Å². The Labute approximate surface area is 123 Å². The summed E-state index contributed by atoms with van der Waals surface area (Å²) < 4.78 is 0. The third-order valence-corrected chi connectivity index (χ3v) is 6.47. The minimum absolute atomic E-state index is 0.245. The van der Waals surface area contributed by atoms with E-state index < -0.39 is 0 Å². The highest BCUT2D eigenvalue weighted by Crippen LogP contribution is 2.45. The average molecular weight is 275 g/mol. The lowest BCUT2D eigenvalue weighted by atomic mass is 9.68. The minimum Gasteiger partial charge on any atom is -0.302 e. The van der Waals surface area contributed by atoms with Crippen LogP contribution >= 0.6 is 0 Å². The lowest BCUT2D eigenvalue weighted by Gasteiger charge is -2.46. The number of rotatable bonds is 2. The molecule has 1 aliphatic heterocycles. The van der Waals surface area contributed by atoms with Gasteiger partial charge in [-0.05, 0) is 70.5 Å². The van der Waals surface area contributed by atoms with E-state index in [0.717, 1.165) is 12.8 Å². The van der Waals surface area contributed by atoms with Gasteiger partial charge in [0.05, 0.1) is 6.07 Å². The number of piperidine rings is 1. The van der Waals surface area contributed by atoms with Gasteiger partial charge in [-0.3, -0.25) is 0 Å². The maximum absolute atomic E-state index is 9.40. The first-order valence-electron chi connectivity index (χ1n) is 8.55. The van der Waals surface area contributed by atoms with Crippen LogP contribution in [0.15, 0.2) is 0 Å². The second-order valence-corrected chi connectivity index (χ2v) is 7.44. The van der Waals surface area contributed by atoms with Crippen molar-refractivity contribution in [2.45, 2.75) is 75.8 Å². The van der Waals surface area contributed by atoms with Crippen molar-refractivity contribution in [2.24, 2.45) is 5.41 Å². The number of nitrogens with one attached hydrogen (secondary N) is 1. The molecule has 2 saturated carbocycles. The minimum atomic E-state index is -0.245. The van der Waals surface area contributed by atoms with Crippen molar-refractivity contribution >= 4 is 0 Å². The zero-order chi connectivity index (χ0) is 14.1. The Hall–Kier alpha value is -0.590. The molecule has 112 valence electrons. The van der Waals surface area contributed by atoms with Gasteiger partial charge in [0, 0.05) is 6.04 Å². The molecular formula is C17H29N3. The normalized spacial score (nSPS) is 37.9. The van der Waals surface area contributed by atoms with Crippen molar-refractivity contribution in [3.8, 4) is 6.07 Å². The van der Waals surface area contributed by atoms with Crippen LogP contribution < -0.4 is 5.32 Å². The molecule has 0 aromatic carbocycles. The standard InChI is InChI=1S/C17H29N3/c1-19-17(14-18)8-5-15(13-17)20-11-9-16(10-12-20)6-3-2-4-7-16/h15,19H,2-13H2,1H3. The molecule has 1 heterocycles. The van der Waals surface area contributed by atoms with Crippen molar-refractivity contribution in [3.63, 3.8) is 0 Å². The molecule has 3 aliphatic rings. The number of hydrogen-bond acceptors (Lipinski definition) is 3. The fourth-order valence-electron chi connectivity index (χ4n) is 4.88. The Bertz CT molecular complexity index is 370. The predicted octanol–water partition coefficient (Wildman–Crippen LogP) is 3.07. The van der Waals surface area contributed by atoms with Gasteiger partial charge in [-0.2, -0.15) is 5.26 Å². The summed E-state index contributed by atoms with van der Waals surface area (Å²) in [4.78, 5) is 2.69. The lowest BCUT2D eigenvalue weighted by Crippen LogP contribution is -2.47. The van der Waals surface area contributed by atoms with Crippen LogP contribution in [0.2, 0.25) is 0 Å². The van der Waals surface area contributed by atoms with Gasteiger partial charge in [0.2, 0.25) is 0 Å². The highest BCUT2D eigenvalue weighted by atomic mass is 15.2. The summed E-state index contributed by atoms with van der Waals surface area (Å²) in [5.41, 5.74) is 0.452. The molecule has 3 nitrogen and oxygen atoms in total. The molecule has 1 N–H and O–H groups in total. The van der Waals surface area contributed by atoms with Crippen LogP contribution in [-0.4, -0.2) is 36.6 Å². The van der Waals surface area contributed by atoms with Gasteiger partial charge in [-0.1, -0.05) is 19.3 Å². The SMILES string of the molecule is CNC1(C#N)CCC(N2CCC3(CCCCC3)CC2)C1. The Morgan fingerprint density at radius 1 is 1.05 bits per heavy atom. The molecule has 3 fully saturated rings. The van der Waals surface area contributed by atoms with Crippen LogP contribution in [0.1, 0.15) is 64.2 Å². The molecule has 1 saturated heterocycles. The summed E-state index contributed by atoms with van der Waals surface area (Å²) in [6.45, 7) is 2.55. The Balaban J connectivity index is 1.55. The van der Waals surface area contributed by atoms with Gasteiger partial charge in [0.25, 0.3) is 0 Å². The molecule has 3 rings (SSSR count). The van der Waals surface area contributed by atoms with E-state index in [9.17, 15) is 5.26 Å². The van der Waals surface area contributed by atoms with Gasteiger partial charge in [-0.15, -0.1) is 0 Å². The van der Waals surface area contributed by atoms with Gasteiger partial charge < -0.3 is 10.2 Å². The molecule has 0 aromatic heterocycles. The van der Waals surface area contributed by atoms with Gasteiger partial charge in [-0.25, -0.2) is 0 Å². The predicted molar refractivity (Wildman–Crippen MR) is 81.4 cm³/mol. The Morgan fingerprint density at radius 2 is 1.75 bits per heavy atom. The summed E-state index contributed by atoms with van der Waals surface area (Å²) in [5.74, 6) is 0. The maximum atomic E-state index is 9.40.